The molecule has 0 spiro atoms. The van der Waals surface area contributed by atoms with Gasteiger partial charge in [-0.3, -0.25) is 14.5 Å². The Hall–Kier alpha value is -4.05. The Morgan fingerprint density at radius 2 is 1.67 bits per heavy atom. The number of amides is 2. The first-order valence-electron chi connectivity index (χ1n) is 13.8. The van der Waals surface area contributed by atoms with Gasteiger partial charge in [-0.15, -0.1) is 11.3 Å². The first kappa shape index (κ1) is 30.9. The van der Waals surface area contributed by atoms with Crippen molar-refractivity contribution < 1.29 is 19.4 Å². The predicted molar refractivity (Wildman–Crippen MR) is 166 cm³/mol. The molecule has 2 amide bonds. The largest absolute Gasteiger partial charge is 0.497 e. The molecule has 9 heteroatoms. The number of carbonyl (C=O) groups excluding carboxylic acids is 2. The number of aromatic nitrogens is 1. The van der Waals surface area contributed by atoms with Crippen LogP contribution in [0.4, 0.5) is 0 Å². The minimum atomic E-state index is -0.845. The van der Waals surface area contributed by atoms with Crippen molar-refractivity contribution in [3.63, 3.8) is 0 Å². The van der Waals surface area contributed by atoms with Crippen molar-refractivity contribution in [2.75, 3.05) is 27.7 Å². The molecule has 1 heterocycles. The van der Waals surface area contributed by atoms with Crippen LogP contribution in [0.2, 0.25) is 0 Å². The van der Waals surface area contributed by atoms with E-state index in [1.807, 2.05) is 78.8 Å². The third kappa shape index (κ3) is 8.72. The van der Waals surface area contributed by atoms with Gasteiger partial charge in [-0.05, 0) is 61.9 Å². The zero-order chi connectivity index (χ0) is 30.1. The summed E-state index contributed by atoms with van der Waals surface area (Å²) in [5, 5.41) is 17.2. The van der Waals surface area contributed by atoms with Gasteiger partial charge in [-0.25, -0.2) is 4.98 Å². The van der Waals surface area contributed by atoms with Gasteiger partial charge < -0.3 is 20.1 Å². The van der Waals surface area contributed by atoms with E-state index >= 15 is 0 Å². The topological polar surface area (TPSA) is 95.0 Å². The highest BCUT2D eigenvalue weighted by atomic mass is 32.1. The number of thiazole rings is 1. The van der Waals surface area contributed by atoms with E-state index in [1.54, 1.807) is 43.3 Å². The number of hydrogen-bond acceptors (Lipinski definition) is 7. The second kappa shape index (κ2) is 14.7. The molecule has 3 aromatic carbocycles. The highest BCUT2D eigenvalue weighted by Gasteiger charge is 2.24. The Labute approximate surface area is 251 Å². The number of aryl methyl sites for hydroxylation is 1. The molecule has 2 atom stereocenters. The summed E-state index contributed by atoms with van der Waals surface area (Å²) in [5.41, 5.74) is 3.75. The summed E-state index contributed by atoms with van der Waals surface area (Å²) in [6.45, 7) is 3.26. The number of likely N-dealkylation sites (N-methyl/N-ethyl adjacent to an activating group) is 1. The summed E-state index contributed by atoms with van der Waals surface area (Å²) in [4.78, 5) is 34.6. The molecule has 0 aliphatic rings. The summed E-state index contributed by atoms with van der Waals surface area (Å²) in [6, 6.07) is 23.7. The maximum Gasteiger partial charge on any atom is 0.253 e. The number of benzene rings is 3. The lowest BCUT2D eigenvalue weighted by Gasteiger charge is -2.28. The van der Waals surface area contributed by atoms with E-state index in [2.05, 4.69) is 10.3 Å². The van der Waals surface area contributed by atoms with Gasteiger partial charge in [0.1, 0.15) is 10.8 Å². The smallest absolute Gasteiger partial charge is 0.253 e. The van der Waals surface area contributed by atoms with Crippen LogP contribution in [0.3, 0.4) is 0 Å². The standard InChI is InChI=1S/C33H38N4O4S/c1-23-22-42-31(34-23)21-37(3)33(40)27-14-9-13-26(18-27)32(39)35-29(17-24-10-6-5-7-11-24)30(38)20-36(2)19-25-12-8-15-28(16-25)41-4/h5-16,18,22,29-30,38H,17,19-21H2,1-4H3,(H,35,39). The predicted octanol–water partition coefficient (Wildman–Crippen LogP) is 4.57. The fourth-order valence-corrected chi connectivity index (χ4v) is 5.58. The van der Waals surface area contributed by atoms with Gasteiger partial charge >= 0.3 is 0 Å². The maximum absolute atomic E-state index is 13.5. The number of rotatable bonds is 13. The Kier molecular flexibility index (Phi) is 10.8. The highest BCUT2D eigenvalue weighted by Crippen LogP contribution is 2.17. The molecule has 0 saturated heterocycles. The number of aliphatic hydroxyl groups excluding tert-OH is 1. The SMILES string of the molecule is COc1cccc(CN(C)CC(O)C(Cc2ccccc2)NC(=O)c2cccc(C(=O)N(C)Cc3nc(C)cs3)c2)c1. The summed E-state index contributed by atoms with van der Waals surface area (Å²) in [6.07, 6.45) is -0.391. The molecule has 1 aromatic heterocycles. The van der Waals surface area contributed by atoms with E-state index in [4.69, 9.17) is 4.74 Å². The molecule has 4 rings (SSSR count). The minimum absolute atomic E-state index is 0.197. The van der Waals surface area contributed by atoms with Crippen molar-refractivity contribution >= 4 is 23.2 Å². The third-order valence-corrected chi connectivity index (χ3v) is 7.87. The maximum atomic E-state index is 13.5. The monoisotopic (exact) mass is 586 g/mol. The molecule has 4 aromatic rings. The molecule has 2 unspecified atom stereocenters. The molecule has 0 aliphatic carbocycles. The molecule has 0 saturated carbocycles. The molecule has 220 valence electrons. The molecule has 8 nitrogen and oxygen atoms in total. The average Bonchev–Trinajstić information content (AvgIpc) is 3.40. The second-order valence-corrected chi connectivity index (χ2v) is 11.5. The summed E-state index contributed by atoms with van der Waals surface area (Å²) in [7, 11) is 5.29. The van der Waals surface area contributed by atoms with Crippen LogP contribution < -0.4 is 10.1 Å². The number of nitrogens with one attached hydrogen (secondary N) is 1. The Morgan fingerprint density at radius 3 is 2.38 bits per heavy atom. The first-order valence-corrected chi connectivity index (χ1v) is 14.7. The summed E-state index contributed by atoms with van der Waals surface area (Å²) < 4.78 is 5.33. The molecule has 0 bridgehead atoms. The molecule has 42 heavy (non-hydrogen) atoms. The third-order valence-electron chi connectivity index (χ3n) is 6.92. The molecular weight excluding hydrogens is 548 g/mol. The van der Waals surface area contributed by atoms with E-state index in [-0.39, 0.29) is 11.8 Å². The minimum Gasteiger partial charge on any atom is -0.497 e. The number of nitrogens with zero attached hydrogens (tertiary/aromatic N) is 3. The lowest BCUT2D eigenvalue weighted by atomic mass is 9.99. The lowest BCUT2D eigenvalue weighted by molar-refractivity contribution is 0.0712. The van der Waals surface area contributed by atoms with E-state index in [9.17, 15) is 14.7 Å². The molecule has 0 radical (unpaired) electrons. The van der Waals surface area contributed by atoms with Crippen molar-refractivity contribution in [3.8, 4) is 5.75 Å². The summed E-state index contributed by atoms with van der Waals surface area (Å²) in [5.74, 6) is 0.233. The Bertz CT molecular complexity index is 1480. The van der Waals surface area contributed by atoms with Crippen molar-refractivity contribution in [1.82, 2.24) is 20.1 Å². The summed E-state index contributed by atoms with van der Waals surface area (Å²) >= 11 is 1.51. The van der Waals surface area contributed by atoms with Gasteiger partial charge in [0.15, 0.2) is 0 Å². The van der Waals surface area contributed by atoms with Crippen molar-refractivity contribution in [1.29, 1.82) is 0 Å². The fraction of sp³-hybridized carbons (Fsp3) is 0.303. The van der Waals surface area contributed by atoms with Crippen LogP contribution in [0.5, 0.6) is 5.75 Å². The number of hydrogen-bond donors (Lipinski definition) is 2. The van der Waals surface area contributed by atoms with Gasteiger partial charge in [-0.2, -0.15) is 0 Å². The van der Waals surface area contributed by atoms with Crippen molar-refractivity contribution in [2.45, 2.75) is 38.6 Å². The number of carbonyl (C=O) groups is 2. The van der Waals surface area contributed by atoms with Gasteiger partial charge in [0.25, 0.3) is 11.8 Å². The number of methoxy groups -OCH3 is 1. The van der Waals surface area contributed by atoms with Crippen LogP contribution in [-0.2, 0) is 19.5 Å². The fourth-order valence-electron chi connectivity index (χ4n) is 4.76. The highest BCUT2D eigenvalue weighted by molar-refractivity contribution is 7.09. The Morgan fingerprint density at radius 1 is 0.952 bits per heavy atom. The lowest BCUT2D eigenvalue weighted by Crippen LogP contribution is -2.49. The molecule has 0 aliphatic heterocycles. The van der Waals surface area contributed by atoms with Crippen LogP contribution in [0.15, 0.2) is 84.2 Å². The van der Waals surface area contributed by atoms with Crippen LogP contribution in [0.25, 0.3) is 0 Å². The van der Waals surface area contributed by atoms with Crippen LogP contribution in [-0.4, -0.2) is 71.6 Å². The van der Waals surface area contributed by atoms with Crippen molar-refractivity contribution in [3.05, 3.63) is 117 Å². The van der Waals surface area contributed by atoms with E-state index in [1.165, 1.54) is 11.3 Å². The Balaban J connectivity index is 1.45. The zero-order valence-corrected chi connectivity index (χ0v) is 25.3. The quantitative estimate of drug-likeness (QED) is 0.239. The van der Waals surface area contributed by atoms with Gasteiger partial charge in [0.05, 0.1) is 25.8 Å². The number of aliphatic hydroxyl groups is 1. The second-order valence-electron chi connectivity index (χ2n) is 10.5. The molecular formula is C33H38N4O4S. The average molecular weight is 587 g/mol. The van der Waals surface area contributed by atoms with E-state index in [0.717, 1.165) is 27.6 Å². The van der Waals surface area contributed by atoms with Gasteiger partial charge in [0, 0.05) is 42.3 Å². The van der Waals surface area contributed by atoms with Crippen LogP contribution >= 0.6 is 11.3 Å². The number of ether oxygens (including phenoxy) is 1. The first-order chi connectivity index (χ1) is 20.2. The van der Waals surface area contributed by atoms with E-state index in [0.29, 0.717) is 37.2 Å². The van der Waals surface area contributed by atoms with Gasteiger partial charge in [0.2, 0.25) is 0 Å². The normalized spacial score (nSPS) is 12.5. The van der Waals surface area contributed by atoms with Crippen LogP contribution in [0, 0.1) is 6.92 Å². The van der Waals surface area contributed by atoms with Gasteiger partial charge in [-0.1, -0.05) is 48.5 Å². The molecule has 2 N–H and O–H groups in total. The van der Waals surface area contributed by atoms with Crippen LogP contribution in [0.1, 0.15) is 42.5 Å². The molecule has 0 fully saturated rings. The van der Waals surface area contributed by atoms with E-state index < -0.39 is 12.1 Å². The zero-order valence-electron chi connectivity index (χ0n) is 24.5. The van der Waals surface area contributed by atoms with Crippen molar-refractivity contribution in [2.24, 2.45) is 0 Å².